The minimum Gasteiger partial charge on any atom is -0.431 e. The Morgan fingerprint density at radius 3 is 2.46 bits per heavy atom. The van der Waals surface area contributed by atoms with Crippen molar-refractivity contribution in [1.82, 2.24) is 9.97 Å². The van der Waals surface area contributed by atoms with E-state index in [1.807, 2.05) is 0 Å². The molecule has 3 aromatic rings. The summed E-state index contributed by atoms with van der Waals surface area (Å²) >= 11 is 0. The second-order valence-corrected chi connectivity index (χ2v) is 4.76. The van der Waals surface area contributed by atoms with Crippen LogP contribution in [-0.2, 0) is 6.18 Å². The number of halogens is 3. The first-order valence-electron chi connectivity index (χ1n) is 6.80. The fraction of sp³-hybridized carbons (Fsp3) is 0.0625. The second kappa shape index (κ2) is 6.15. The Hall–Kier alpha value is -3.16. The number of nitrogens with one attached hydrogen (secondary N) is 1. The molecule has 2 heterocycles. The topological polar surface area (TPSA) is 68.0 Å². The van der Waals surface area contributed by atoms with E-state index in [4.69, 9.17) is 4.42 Å². The number of hydrogen-bond acceptors (Lipinski definition) is 4. The standard InChI is InChI=1S/C16H10F3N3O2/c17-16(18,19)13-12(14(23)21-11-7-4-8-20-9-11)22-15(24-13)10-5-2-1-3-6-10/h1-9H,(H,21,23). The average Bonchev–Trinajstić information content (AvgIpc) is 3.02. The highest BCUT2D eigenvalue weighted by Crippen LogP contribution is 2.35. The number of aromatic nitrogens is 2. The maximum atomic E-state index is 13.2. The summed E-state index contributed by atoms with van der Waals surface area (Å²) in [5, 5.41) is 2.31. The first-order valence-corrected chi connectivity index (χ1v) is 6.80. The summed E-state index contributed by atoms with van der Waals surface area (Å²) in [5.74, 6) is -2.75. The molecule has 0 saturated heterocycles. The third-order valence-corrected chi connectivity index (χ3v) is 3.04. The summed E-state index contributed by atoms with van der Waals surface area (Å²) in [6, 6.07) is 11.1. The molecular formula is C16H10F3N3O2. The molecule has 0 atom stereocenters. The van der Waals surface area contributed by atoms with Gasteiger partial charge in [0.05, 0.1) is 11.9 Å². The molecular weight excluding hydrogens is 323 g/mol. The minimum atomic E-state index is -4.85. The smallest absolute Gasteiger partial charge is 0.431 e. The Bertz CT molecular complexity index is 846. The molecule has 0 saturated carbocycles. The van der Waals surface area contributed by atoms with Gasteiger partial charge in [-0.2, -0.15) is 13.2 Å². The number of benzene rings is 1. The molecule has 1 aromatic carbocycles. The number of anilines is 1. The number of amides is 1. The molecule has 0 radical (unpaired) electrons. The van der Waals surface area contributed by atoms with Crippen LogP contribution in [0.4, 0.5) is 18.9 Å². The van der Waals surface area contributed by atoms with E-state index in [2.05, 4.69) is 15.3 Å². The van der Waals surface area contributed by atoms with Gasteiger partial charge in [0.15, 0.2) is 5.69 Å². The molecule has 122 valence electrons. The first kappa shape index (κ1) is 15.7. The third-order valence-electron chi connectivity index (χ3n) is 3.04. The minimum absolute atomic E-state index is 0.250. The number of carbonyl (C=O) groups is 1. The zero-order valence-electron chi connectivity index (χ0n) is 12.0. The van der Waals surface area contributed by atoms with Gasteiger partial charge in [-0.25, -0.2) is 4.98 Å². The van der Waals surface area contributed by atoms with Gasteiger partial charge in [-0.15, -0.1) is 0 Å². The van der Waals surface area contributed by atoms with Crippen LogP contribution in [0, 0.1) is 0 Å². The van der Waals surface area contributed by atoms with Gasteiger partial charge in [0.25, 0.3) is 5.91 Å². The molecule has 0 aliphatic rings. The van der Waals surface area contributed by atoms with E-state index in [1.54, 1.807) is 24.3 Å². The van der Waals surface area contributed by atoms with Crippen LogP contribution in [-0.4, -0.2) is 15.9 Å². The van der Waals surface area contributed by atoms with Gasteiger partial charge < -0.3 is 9.73 Å². The first-order chi connectivity index (χ1) is 11.4. The molecule has 0 bridgehead atoms. The SMILES string of the molecule is O=C(Nc1cccnc1)c1nc(-c2ccccc2)oc1C(F)(F)F. The van der Waals surface area contributed by atoms with Crippen LogP contribution in [0.25, 0.3) is 11.5 Å². The predicted octanol–water partition coefficient (Wildman–Crippen LogP) is 4.01. The predicted molar refractivity (Wildman–Crippen MR) is 79.1 cm³/mol. The largest absolute Gasteiger partial charge is 0.452 e. The lowest BCUT2D eigenvalue weighted by atomic mass is 10.2. The lowest BCUT2D eigenvalue weighted by Crippen LogP contribution is -2.18. The van der Waals surface area contributed by atoms with E-state index >= 15 is 0 Å². The van der Waals surface area contributed by atoms with Gasteiger partial charge in [-0.1, -0.05) is 18.2 Å². The number of pyridine rings is 1. The molecule has 5 nitrogen and oxygen atoms in total. The van der Waals surface area contributed by atoms with E-state index < -0.39 is 23.5 Å². The number of oxazole rings is 1. The molecule has 1 N–H and O–H groups in total. The van der Waals surface area contributed by atoms with Crippen molar-refractivity contribution in [2.24, 2.45) is 0 Å². The van der Waals surface area contributed by atoms with Crippen molar-refractivity contribution in [3.63, 3.8) is 0 Å². The van der Waals surface area contributed by atoms with Crippen molar-refractivity contribution in [3.05, 3.63) is 66.3 Å². The molecule has 1 amide bonds. The summed E-state index contributed by atoms with van der Waals surface area (Å²) in [6.07, 6.45) is -2.06. The molecule has 8 heteroatoms. The number of alkyl halides is 3. The molecule has 0 spiro atoms. The molecule has 2 aromatic heterocycles. The van der Waals surface area contributed by atoms with Crippen LogP contribution < -0.4 is 5.32 Å². The Kier molecular flexibility index (Phi) is 4.03. The van der Waals surface area contributed by atoms with Crippen LogP contribution in [0.1, 0.15) is 16.2 Å². The fourth-order valence-corrected chi connectivity index (χ4v) is 2.00. The van der Waals surface area contributed by atoms with Crippen molar-refractivity contribution < 1.29 is 22.4 Å². The van der Waals surface area contributed by atoms with Gasteiger partial charge in [0.1, 0.15) is 0 Å². The Morgan fingerprint density at radius 2 is 1.83 bits per heavy atom. The van der Waals surface area contributed by atoms with E-state index in [0.29, 0.717) is 5.56 Å². The van der Waals surface area contributed by atoms with E-state index in [0.717, 1.165) is 0 Å². The van der Waals surface area contributed by atoms with Crippen molar-refractivity contribution in [3.8, 4) is 11.5 Å². The summed E-state index contributed by atoms with van der Waals surface area (Å²) in [5.41, 5.74) is -0.242. The van der Waals surface area contributed by atoms with Gasteiger partial charge in [-0.3, -0.25) is 9.78 Å². The normalized spacial score (nSPS) is 11.3. The van der Waals surface area contributed by atoms with Gasteiger partial charge in [0, 0.05) is 11.8 Å². The molecule has 0 aliphatic heterocycles. The number of rotatable bonds is 3. The van der Waals surface area contributed by atoms with Gasteiger partial charge >= 0.3 is 6.18 Å². The highest BCUT2D eigenvalue weighted by Gasteiger charge is 2.42. The van der Waals surface area contributed by atoms with Crippen molar-refractivity contribution >= 4 is 11.6 Å². The van der Waals surface area contributed by atoms with Crippen molar-refractivity contribution in [1.29, 1.82) is 0 Å². The van der Waals surface area contributed by atoms with Crippen LogP contribution in [0.2, 0.25) is 0 Å². The Morgan fingerprint density at radius 1 is 1.08 bits per heavy atom. The van der Waals surface area contributed by atoms with Crippen LogP contribution in [0.15, 0.2) is 59.3 Å². The summed E-state index contributed by atoms with van der Waals surface area (Å²) in [7, 11) is 0. The molecule has 0 fully saturated rings. The van der Waals surface area contributed by atoms with Crippen molar-refractivity contribution in [2.75, 3.05) is 5.32 Å². The van der Waals surface area contributed by atoms with Gasteiger partial charge in [-0.05, 0) is 24.3 Å². The lowest BCUT2D eigenvalue weighted by molar-refractivity contribution is -0.153. The second-order valence-electron chi connectivity index (χ2n) is 4.76. The zero-order chi connectivity index (χ0) is 17.2. The fourth-order valence-electron chi connectivity index (χ4n) is 2.00. The maximum Gasteiger partial charge on any atom is 0.452 e. The highest BCUT2D eigenvalue weighted by molar-refractivity contribution is 6.03. The lowest BCUT2D eigenvalue weighted by Gasteiger charge is -2.05. The van der Waals surface area contributed by atoms with E-state index in [1.165, 1.54) is 30.6 Å². The summed E-state index contributed by atoms with van der Waals surface area (Å²) in [6.45, 7) is 0. The van der Waals surface area contributed by atoms with Crippen LogP contribution >= 0.6 is 0 Å². The number of nitrogens with zero attached hydrogens (tertiary/aromatic N) is 2. The van der Waals surface area contributed by atoms with Crippen LogP contribution in [0.3, 0.4) is 0 Å². The van der Waals surface area contributed by atoms with E-state index in [9.17, 15) is 18.0 Å². The summed E-state index contributed by atoms with van der Waals surface area (Å²) < 4.78 is 44.3. The third kappa shape index (κ3) is 3.27. The Balaban J connectivity index is 1.99. The number of carbonyl (C=O) groups excluding carboxylic acids is 1. The number of hydrogen-bond donors (Lipinski definition) is 1. The monoisotopic (exact) mass is 333 g/mol. The van der Waals surface area contributed by atoms with Gasteiger partial charge in [0.2, 0.25) is 11.7 Å². The highest BCUT2D eigenvalue weighted by atomic mass is 19.4. The molecule has 3 rings (SSSR count). The summed E-state index contributed by atoms with van der Waals surface area (Å²) in [4.78, 5) is 19.7. The van der Waals surface area contributed by atoms with E-state index in [-0.39, 0.29) is 11.6 Å². The molecule has 24 heavy (non-hydrogen) atoms. The Labute approximate surface area is 134 Å². The maximum absolute atomic E-state index is 13.2. The average molecular weight is 333 g/mol. The zero-order valence-corrected chi connectivity index (χ0v) is 12.0. The van der Waals surface area contributed by atoms with Crippen LogP contribution in [0.5, 0.6) is 0 Å². The molecule has 0 aliphatic carbocycles. The van der Waals surface area contributed by atoms with Crippen molar-refractivity contribution in [2.45, 2.75) is 6.18 Å². The molecule has 0 unspecified atom stereocenters. The quantitative estimate of drug-likeness (QED) is 0.786.